The van der Waals surface area contributed by atoms with E-state index in [-0.39, 0.29) is 22.8 Å². The first-order valence-electron chi connectivity index (χ1n) is 8.41. The lowest BCUT2D eigenvalue weighted by Crippen LogP contribution is -2.19. The molecule has 0 aliphatic heterocycles. The van der Waals surface area contributed by atoms with Crippen molar-refractivity contribution in [3.05, 3.63) is 64.7 Å². The number of benzene rings is 2. The standard InChI is InChI=1S/C19H13ClF3N5O2/c1-11-25-17(27-28(11)15-5-2-13(20)3-6-15)18(29)26-14-4-7-16(12(8-14)9-24)30-10-19(21,22)23/h2-8H,10H2,1H3,(H,26,29). The minimum absolute atomic E-state index is 0.127. The molecule has 0 saturated carbocycles. The van der Waals surface area contributed by atoms with E-state index in [1.807, 2.05) is 0 Å². The van der Waals surface area contributed by atoms with Crippen LogP contribution in [0.1, 0.15) is 22.0 Å². The van der Waals surface area contributed by atoms with Gasteiger partial charge in [-0.15, -0.1) is 5.10 Å². The van der Waals surface area contributed by atoms with Gasteiger partial charge in [-0.2, -0.15) is 18.4 Å². The van der Waals surface area contributed by atoms with Crippen molar-refractivity contribution < 1.29 is 22.7 Å². The molecular formula is C19H13ClF3N5O2. The number of alkyl halides is 3. The third-order valence-electron chi connectivity index (χ3n) is 3.79. The highest BCUT2D eigenvalue weighted by Crippen LogP contribution is 2.25. The molecule has 0 unspecified atom stereocenters. The first-order valence-corrected chi connectivity index (χ1v) is 8.79. The topological polar surface area (TPSA) is 92.8 Å². The number of nitrogens with zero attached hydrogens (tertiary/aromatic N) is 4. The van der Waals surface area contributed by atoms with Gasteiger partial charge in [0.1, 0.15) is 17.6 Å². The van der Waals surface area contributed by atoms with Gasteiger partial charge in [-0.3, -0.25) is 4.79 Å². The zero-order chi connectivity index (χ0) is 21.9. The third kappa shape index (κ3) is 5.07. The van der Waals surface area contributed by atoms with Gasteiger partial charge in [-0.1, -0.05) is 11.6 Å². The summed E-state index contributed by atoms with van der Waals surface area (Å²) in [5, 5.41) is 16.4. The molecule has 2 aromatic carbocycles. The predicted molar refractivity (Wildman–Crippen MR) is 102 cm³/mol. The largest absolute Gasteiger partial charge is 0.483 e. The minimum Gasteiger partial charge on any atom is -0.483 e. The van der Waals surface area contributed by atoms with Crippen molar-refractivity contribution in [1.82, 2.24) is 14.8 Å². The van der Waals surface area contributed by atoms with Crippen LogP contribution in [0.5, 0.6) is 5.75 Å². The molecular weight excluding hydrogens is 423 g/mol. The van der Waals surface area contributed by atoms with E-state index in [0.717, 1.165) is 0 Å². The molecule has 1 aromatic heterocycles. The number of aromatic nitrogens is 3. The quantitative estimate of drug-likeness (QED) is 0.645. The molecule has 0 saturated heterocycles. The molecule has 0 spiro atoms. The fraction of sp³-hybridized carbons (Fsp3) is 0.158. The summed E-state index contributed by atoms with van der Waals surface area (Å²) in [5.41, 5.74) is 0.672. The summed E-state index contributed by atoms with van der Waals surface area (Å²) in [5.74, 6) is -0.568. The Bertz CT molecular complexity index is 1120. The zero-order valence-corrected chi connectivity index (χ0v) is 16.1. The Morgan fingerprint density at radius 2 is 1.97 bits per heavy atom. The normalized spacial score (nSPS) is 11.1. The van der Waals surface area contributed by atoms with Crippen LogP contribution in [0, 0.1) is 18.3 Å². The minimum atomic E-state index is -4.54. The fourth-order valence-electron chi connectivity index (χ4n) is 2.48. The molecule has 0 bridgehead atoms. The van der Waals surface area contributed by atoms with Gasteiger partial charge in [0.05, 0.1) is 11.3 Å². The van der Waals surface area contributed by atoms with E-state index in [0.29, 0.717) is 16.5 Å². The lowest BCUT2D eigenvalue weighted by Gasteiger charge is -2.11. The van der Waals surface area contributed by atoms with E-state index in [9.17, 15) is 18.0 Å². The van der Waals surface area contributed by atoms with Crippen LogP contribution in [0.3, 0.4) is 0 Å². The molecule has 3 aromatic rings. The van der Waals surface area contributed by atoms with Crippen LogP contribution < -0.4 is 10.1 Å². The van der Waals surface area contributed by atoms with Gasteiger partial charge in [0, 0.05) is 10.7 Å². The van der Waals surface area contributed by atoms with Gasteiger partial charge in [0.25, 0.3) is 5.91 Å². The van der Waals surface area contributed by atoms with Crippen LogP contribution in [-0.2, 0) is 0 Å². The molecule has 11 heteroatoms. The number of hydrogen-bond donors (Lipinski definition) is 1. The van der Waals surface area contributed by atoms with Crippen LogP contribution >= 0.6 is 11.6 Å². The molecule has 1 amide bonds. The molecule has 3 rings (SSSR count). The van der Waals surface area contributed by atoms with Crippen molar-refractivity contribution in [2.45, 2.75) is 13.1 Å². The number of ether oxygens (including phenoxy) is 1. The van der Waals surface area contributed by atoms with Gasteiger partial charge in [0.15, 0.2) is 6.61 Å². The second-order valence-corrected chi connectivity index (χ2v) is 6.49. The Morgan fingerprint density at radius 3 is 2.60 bits per heavy atom. The summed E-state index contributed by atoms with van der Waals surface area (Å²) >= 11 is 5.87. The Hall–Kier alpha value is -3.58. The number of aryl methyl sites for hydroxylation is 1. The van der Waals surface area contributed by atoms with E-state index in [2.05, 4.69) is 20.1 Å². The highest BCUT2D eigenvalue weighted by atomic mass is 35.5. The first kappa shape index (κ1) is 21.1. The fourth-order valence-corrected chi connectivity index (χ4v) is 2.61. The third-order valence-corrected chi connectivity index (χ3v) is 4.04. The van der Waals surface area contributed by atoms with Crippen LogP contribution in [0.25, 0.3) is 5.69 Å². The van der Waals surface area contributed by atoms with Gasteiger partial charge in [0.2, 0.25) is 5.82 Å². The summed E-state index contributed by atoms with van der Waals surface area (Å²) in [7, 11) is 0. The maximum atomic E-state index is 12.5. The van der Waals surface area contributed by atoms with Crippen LogP contribution in [0.4, 0.5) is 18.9 Å². The number of carbonyl (C=O) groups excluding carboxylic acids is 1. The van der Waals surface area contributed by atoms with E-state index in [4.69, 9.17) is 16.9 Å². The van der Waals surface area contributed by atoms with Crippen LogP contribution in [0.2, 0.25) is 5.02 Å². The Balaban J connectivity index is 1.77. The van der Waals surface area contributed by atoms with Crippen molar-refractivity contribution >= 4 is 23.2 Å². The smallest absolute Gasteiger partial charge is 0.422 e. The van der Waals surface area contributed by atoms with Gasteiger partial charge in [-0.05, 0) is 49.4 Å². The molecule has 7 nitrogen and oxygen atoms in total. The molecule has 0 radical (unpaired) electrons. The lowest BCUT2D eigenvalue weighted by atomic mass is 10.2. The van der Waals surface area contributed by atoms with Crippen LogP contribution in [0.15, 0.2) is 42.5 Å². The molecule has 0 aliphatic carbocycles. The van der Waals surface area contributed by atoms with E-state index >= 15 is 0 Å². The predicted octanol–water partition coefficient (Wildman–Crippen LogP) is 4.29. The van der Waals surface area contributed by atoms with Gasteiger partial charge in [-0.25, -0.2) is 9.67 Å². The molecule has 0 aliphatic rings. The van der Waals surface area contributed by atoms with Crippen molar-refractivity contribution in [1.29, 1.82) is 5.26 Å². The maximum Gasteiger partial charge on any atom is 0.422 e. The van der Waals surface area contributed by atoms with E-state index in [1.54, 1.807) is 37.3 Å². The van der Waals surface area contributed by atoms with Gasteiger partial charge < -0.3 is 10.1 Å². The Labute approximate surface area is 173 Å². The van der Waals surface area contributed by atoms with E-state index in [1.165, 1.54) is 22.9 Å². The summed E-state index contributed by atoms with van der Waals surface area (Å²) < 4.78 is 43.0. The summed E-state index contributed by atoms with van der Waals surface area (Å²) in [4.78, 5) is 16.6. The Kier molecular flexibility index (Phi) is 5.94. The zero-order valence-electron chi connectivity index (χ0n) is 15.4. The van der Waals surface area contributed by atoms with E-state index < -0.39 is 18.7 Å². The average Bonchev–Trinajstić information content (AvgIpc) is 3.08. The highest BCUT2D eigenvalue weighted by molar-refractivity contribution is 6.30. The number of carbonyl (C=O) groups is 1. The second-order valence-electron chi connectivity index (χ2n) is 6.05. The number of halogens is 4. The number of hydrogen-bond acceptors (Lipinski definition) is 5. The van der Waals surface area contributed by atoms with Crippen molar-refractivity contribution in [2.24, 2.45) is 0 Å². The highest BCUT2D eigenvalue weighted by Gasteiger charge is 2.29. The number of amides is 1. The summed E-state index contributed by atoms with van der Waals surface area (Å²) in [6, 6.07) is 12.2. The number of rotatable bonds is 5. The molecule has 0 fully saturated rings. The number of nitrogens with one attached hydrogen (secondary N) is 1. The number of anilines is 1. The summed E-state index contributed by atoms with van der Waals surface area (Å²) in [6.45, 7) is 0.137. The summed E-state index contributed by atoms with van der Waals surface area (Å²) in [6.07, 6.45) is -4.54. The lowest BCUT2D eigenvalue weighted by molar-refractivity contribution is -0.153. The van der Waals surface area contributed by atoms with Gasteiger partial charge >= 0.3 is 6.18 Å². The second kappa shape index (κ2) is 8.42. The first-order chi connectivity index (χ1) is 14.2. The maximum absolute atomic E-state index is 12.5. The molecule has 0 atom stereocenters. The number of nitriles is 1. The SMILES string of the molecule is Cc1nc(C(=O)Nc2ccc(OCC(F)(F)F)c(C#N)c2)nn1-c1ccc(Cl)cc1. The Morgan fingerprint density at radius 1 is 1.27 bits per heavy atom. The molecule has 1 N–H and O–H groups in total. The van der Waals surface area contributed by atoms with Crippen molar-refractivity contribution in [3.63, 3.8) is 0 Å². The average molecular weight is 436 g/mol. The van der Waals surface area contributed by atoms with Crippen molar-refractivity contribution in [2.75, 3.05) is 11.9 Å². The van der Waals surface area contributed by atoms with Crippen molar-refractivity contribution in [3.8, 4) is 17.5 Å². The molecule has 1 heterocycles. The molecule has 30 heavy (non-hydrogen) atoms. The van der Waals surface area contributed by atoms with Crippen LogP contribution in [-0.4, -0.2) is 33.5 Å². The monoisotopic (exact) mass is 435 g/mol. The molecule has 154 valence electrons.